The maximum Gasteiger partial charge on any atom is 0.434 e. The Morgan fingerprint density at radius 3 is 2.51 bits per heavy atom. The molecule has 2 unspecified atom stereocenters. The number of nitrogens with zero attached hydrogens (tertiary/aromatic N) is 7. The SMILES string of the molecule is COc1nccc(C2CC2)c1-c1nn(C)c2c1C1CCC(C2)N1c1ccc(-c2nc(C(F)(F)F)cn2C)cn1. The molecule has 2 fully saturated rings. The zero-order valence-electron chi connectivity index (χ0n) is 21.9. The maximum atomic E-state index is 13.2. The van der Waals surface area contributed by atoms with Gasteiger partial charge in [-0.15, -0.1) is 0 Å². The Kier molecular flexibility index (Phi) is 5.30. The topological polar surface area (TPSA) is 73.9 Å². The second-order valence-corrected chi connectivity index (χ2v) is 10.7. The summed E-state index contributed by atoms with van der Waals surface area (Å²) in [6.45, 7) is 0. The molecular formula is C28H28F3N7O. The van der Waals surface area contributed by atoms with E-state index in [1.54, 1.807) is 26.4 Å². The van der Waals surface area contributed by atoms with Crippen LogP contribution in [-0.4, -0.2) is 42.5 Å². The normalized spacial score (nSPS) is 20.4. The minimum Gasteiger partial charge on any atom is -0.480 e. The number of hydrogen-bond acceptors (Lipinski definition) is 6. The van der Waals surface area contributed by atoms with Crippen molar-refractivity contribution in [2.24, 2.45) is 14.1 Å². The van der Waals surface area contributed by atoms with E-state index in [0.29, 0.717) is 17.4 Å². The van der Waals surface area contributed by atoms with Crippen LogP contribution in [0.1, 0.15) is 60.2 Å². The van der Waals surface area contributed by atoms with Gasteiger partial charge in [-0.25, -0.2) is 15.0 Å². The average Bonchev–Trinajstić information content (AvgIpc) is 3.52. The second kappa shape index (κ2) is 8.56. The molecule has 4 aromatic rings. The van der Waals surface area contributed by atoms with E-state index in [4.69, 9.17) is 14.8 Å². The lowest BCUT2D eigenvalue weighted by Crippen LogP contribution is -2.38. The summed E-state index contributed by atoms with van der Waals surface area (Å²) in [5, 5.41) is 5.02. The van der Waals surface area contributed by atoms with Crippen LogP contribution in [-0.2, 0) is 26.7 Å². The van der Waals surface area contributed by atoms with Gasteiger partial charge in [-0.05, 0) is 55.4 Å². The molecule has 0 aromatic carbocycles. The Bertz CT molecular complexity index is 1570. The third-order valence-electron chi connectivity index (χ3n) is 8.30. The number of methoxy groups -OCH3 is 1. The van der Waals surface area contributed by atoms with Crippen LogP contribution >= 0.6 is 0 Å². The van der Waals surface area contributed by atoms with Crippen LogP contribution in [0.25, 0.3) is 22.6 Å². The fourth-order valence-corrected chi connectivity index (χ4v) is 6.41. The highest BCUT2D eigenvalue weighted by molar-refractivity contribution is 5.76. The molecule has 2 atom stereocenters. The standard InChI is InChI=1S/C28H28F3N7O/c1-36-14-21(28(29,30)31)34-26(36)16-6-9-22(33-13-16)38-17-7-8-19(38)24-20(12-17)37(2)35-25(24)23-18(15-4-5-15)10-11-32-27(23)39-3/h6,9-11,13-15,17,19H,4-5,7-8,12H2,1-3H3. The number of aromatic nitrogens is 6. The molecule has 0 spiro atoms. The summed E-state index contributed by atoms with van der Waals surface area (Å²) in [6.07, 6.45) is 5.08. The number of aryl methyl sites for hydroxylation is 2. The van der Waals surface area contributed by atoms with Crippen LogP contribution in [0.3, 0.4) is 0 Å². The monoisotopic (exact) mass is 535 g/mol. The van der Waals surface area contributed by atoms with Gasteiger partial charge in [0, 0.05) is 62.0 Å². The first kappa shape index (κ1) is 24.2. The van der Waals surface area contributed by atoms with Crippen molar-refractivity contribution in [2.75, 3.05) is 12.0 Å². The number of ether oxygens (including phenoxy) is 1. The van der Waals surface area contributed by atoms with Crippen molar-refractivity contribution < 1.29 is 17.9 Å². The molecule has 0 N–H and O–H groups in total. The predicted molar refractivity (Wildman–Crippen MR) is 138 cm³/mol. The van der Waals surface area contributed by atoms with Crippen molar-refractivity contribution in [1.82, 2.24) is 29.3 Å². The number of rotatable bonds is 5. The lowest BCUT2D eigenvalue weighted by atomic mass is 9.92. The summed E-state index contributed by atoms with van der Waals surface area (Å²) in [6, 6.07) is 6.15. The van der Waals surface area contributed by atoms with Gasteiger partial charge < -0.3 is 14.2 Å². The molecule has 202 valence electrons. The zero-order valence-corrected chi connectivity index (χ0v) is 21.9. The van der Waals surface area contributed by atoms with Crippen LogP contribution < -0.4 is 9.64 Å². The van der Waals surface area contributed by atoms with E-state index in [-0.39, 0.29) is 17.9 Å². The quantitative estimate of drug-likeness (QED) is 0.339. The third-order valence-corrected chi connectivity index (χ3v) is 8.30. The maximum absolute atomic E-state index is 13.2. The van der Waals surface area contributed by atoms with Gasteiger partial charge in [-0.1, -0.05) is 0 Å². The van der Waals surface area contributed by atoms with Crippen LogP contribution in [0.15, 0.2) is 36.8 Å². The van der Waals surface area contributed by atoms with Gasteiger partial charge in [0.25, 0.3) is 0 Å². The first-order valence-corrected chi connectivity index (χ1v) is 13.2. The number of imidazole rings is 1. The lowest BCUT2D eigenvalue weighted by Gasteiger charge is -2.36. The first-order valence-electron chi connectivity index (χ1n) is 13.2. The lowest BCUT2D eigenvalue weighted by molar-refractivity contribution is -0.140. The van der Waals surface area contributed by atoms with Gasteiger partial charge in [0.2, 0.25) is 5.88 Å². The van der Waals surface area contributed by atoms with Crippen molar-refractivity contribution in [2.45, 2.75) is 56.3 Å². The summed E-state index contributed by atoms with van der Waals surface area (Å²) in [5.74, 6) is 2.14. The second-order valence-electron chi connectivity index (χ2n) is 10.7. The average molecular weight is 536 g/mol. The van der Waals surface area contributed by atoms with Crippen molar-refractivity contribution in [3.05, 3.63) is 59.3 Å². The highest BCUT2D eigenvalue weighted by Crippen LogP contribution is 2.52. The molecule has 8 nitrogen and oxygen atoms in total. The predicted octanol–water partition coefficient (Wildman–Crippen LogP) is 5.45. The Balaban J connectivity index is 1.27. The highest BCUT2D eigenvalue weighted by Gasteiger charge is 2.45. The Morgan fingerprint density at radius 2 is 1.85 bits per heavy atom. The molecule has 1 aliphatic carbocycles. The molecule has 2 bridgehead atoms. The zero-order chi connectivity index (χ0) is 27.1. The number of alkyl halides is 3. The van der Waals surface area contributed by atoms with Crippen LogP contribution in [0, 0.1) is 0 Å². The Hall–Kier alpha value is -3.89. The molecule has 6 heterocycles. The van der Waals surface area contributed by atoms with E-state index in [9.17, 15) is 13.2 Å². The molecular weight excluding hydrogens is 507 g/mol. The van der Waals surface area contributed by atoms with Gasteiger partial charge in [0.1, 0.15) is 17.3 Å². The molecule has 1 saturated carbocycles. The number of pyridine rings is 2. The molecule has 4 aromatic heterocycles. The molecule has 0 radical (unpaired) electrons. The summed E-state index contributed by atoms with van der Waals surface area (Å²) in [7, 11) is 5.22. The van der Waals surface area contributed by atoms with Crippen LogP contribution in [0.5, 0.6) is 5.88 Å². The number of fused-ring (bicyclic) bond motifs is 4. The number of halogens is 3. The molecule has 3 aliphatic rings. The van der Waals surface area contributed by atoms with E-state index in [1.165, 1.54) is 21.4 Å². The number of anilines is 1. The van der Waals surface area contributed by atoms with Gasteiger partial charge in [0.05, 0.1) is 18.7 Å². The minimum atomic E-state index is -4.49. The van der Waals surface area contributed by atoms with Crippen LogP contribution in [0.2, 0.25) is 0 Å². The highest BCUT2D eigenvalue weighted by atomic mass is 19.4. The van der Waals surface area contributed by atoms with E-state index in [1.807, 2.05) is 24.0 Å². The van der Waals surface area contributed by atoms with E-state index in [0.717, 1.165) is 55.4 Å². The van der Waals surface area contributed by atoms with E-state index in [2.05, 4.69) is 20.9 Å². The summed E-state index contributed by atoms with van der Waals surface area (Å²) in [4.78, 5) is 15.4. The van der Waals surface area contributed by atoms with E-state index < -0.39 is 11.9 Å². The van der Waals surface area contributed by atoms with Gasteiger partial charge in [0.15, 0.2) is 5.69 Å². The van der Waals surface area contributed by atoms with Crippen molar-refractivity contribution >= 4 is 5.82 Å². The molecule has 0 amide bonds. The summed E-state index contributed by atoms with van der Waals surface area (Å²) in [5.41, 5.74) is 5.21. The van der Waals surface area contributed by atoms with E-state index >= 15 is 0 Å². The van der Waals surface area contributed by atoms with Gasteiger partial charge in [-0.2, -0.15) is 18.3 Å². The molecule has 39 heavy (non-hydrogen) atoms. The van der Waals surface area contributed by atoms with Crippen LogP contribution in [0.4, 0.5) is 19.0 Å². The van der Waals surface area contributed by atoms with Crippen molar-refractivity contribution in [3.63, 3.8) is 0 Å². The molecule has 11 heteroatoms. The molecule has 2 aliphatic heterocycles. The fraction of sp³-hybridized carbons (Fsp3) is 0.429. The molecule has 1 saturated heterocycles. The van der Waals surface area contributed by atoms with Crippen molar-refractivity contribution in [1.29, 1.82) is 0 Å². The third kappa shape index (κ3) is 3.81. The smallest absolute Gasteiger partial charge is 0.434 e. The number of hydrogen-bond donors (Lipinski definition) is 0. The fourth-order valence-electron chi connectivity index (χ4n) is 6.41. The summed E-state index contributed by atoms with van der Waals surface area (Å²) < 4.78 is 48.7. The summed E-state index contributed by atoms with van der Waals surface area (Å²) >= 11 is 0. The van der Waals surface area contributed by atoms with Crippen molar-refractivity contribution in [3.8, 4) is 28.5 Å². The Labute approximate surface area is 223 Å². The largest absolute Gasteiger partial charge is 0.480 e. The van der Waals surface area contributed by atoms with Gasteiger partial charge >= 0.3 is 6.18 Å². The molecule has 7 rings (SSSR count). The minimum absolute atomic E-state index is 0.0859. The van der Waals surface area contributed by atoms with Gasteiger partial charge in [-0.3, -0.25) is 4.68 Å². The first-order chi connectivity index (χ1) is 18.7. The Morgan fingerprint density at radius 1 is 1.03 bits per heavy atom.